The van der Waals surface area contributed by atoms with Crippen molar-refractivity contribution in [3.8, 4) is 0 Å². The van der Waals surface area contributed by atoms with Crippen molar-refractivity contribution in [2.24, 2.45) is 5.73 Å². The summed E-state index contributed by atoms with van der Waals surface area (Å²) in [6.45, 7) is 0. The molecule has 0 aliphatic heterocycles. The van der Waals surface area contributed by atoms with Crippen LogP contribution in [-0.4, -0.2) is 55.4 Å². The summed E-state index contributed by atoms with van der Waals surface area (Å²) < 4.78 is 0. The number of hydroxylamine groups is 2. The van der Waals surface area contributed by atoms with Crippen LogP contribution in [0.3, 0.4) is 0 Å². The molecule has 1 aromatic carbocycles. The molecule has 1 amide bonds. The Morgan fingerprint density at radius 1 is 1.20 bits per heavy atom. The molecule has 0 aliphatic rings. The first kappa shape index (κ1) is 18.4. The molecular weight excluding hydrogens is 330 g/mol. The standard InChI is InChI=1S/C16H19N3O6/c17-11(7-9-8-18-12-4-2-1-3-10(9)12)15(22)19(25)13(16(23)24)5-6-14(20)21/h1-4,8,11,13,18,25H,5-7,17H2,(H,20,21)(H,23,24)/t11-,13-/m0/s1. The fourth-order valence-electron chi connectivity index (χ4n) is 2.56. The number of H-pyrrole nitrogens is 1. The zero-order valence-electron chi connectivity index (χ0n) is 13.3. The fraction of sp³-hybridized carbons (Fsp3) is 0.312. The van der Waals surface area contributed by atoms with Crippen LogP contribution in [0.4, 0.5) is 0 Å². The van der Waals surface area contributed by atoms with Crippen LogP contribution in [0, 0.1) is 0 Å². The van der Waals surface area contributed by atoms with Gasteiger partial charge in [-0.3, -0.25) is 14.8 Å². The van der Waals surface area contributed by atoms with Gasteiger partial charge in [-0.15, -0.1) is 0 Å². The Labute approximate surface area is 142 Å². The number of aromatic nitrogens is 1. The summed E-state index contributed by atoms with van der Waals surface area (Å²) in [4.78, 5) is 37.0. The van der Waals surface area contributed by atoms with Gasteiger partial charge in [0.25, 0.3) is 5.91 Å². The van der Waals surface area contributed by atoms with Crippen molar-refractivity contribution in [3.63, 3.8) is 0 Å². The Hall–Kier alpha value is -2.91. The molecule has 0 aliphatic carbocycles. The topological polar surface area (TPSA) is 157 Å². The van der Waals surface area contributed by atoms with Crippen molar-refractivity contribution in [3.05, 3.63) is 36.0 Å². The highest BCUT2D eigenvalue weighted by molar-refractivity contribution is 5.88. The number of nitrogens with zero attached hydrogens (tertiary/aromatic N) is 1. The number of fused-ring (bicyclic) bond motifs is 1. The average Bonchev–Trinajstić information content (AvgIpc) is 2.96. The Kier molecular flexibility index (Phi) is 5.73. The van der Waals surface area contributed by atoms with Gasteiger partial charge in [0, 0.05) is 23.5 Å². The van der Waals surface area contributed by atoms with E-state index < -0.39 is 42.8 Å². The van der Waals surface area contributed by atoms with Crippen LogP contribution < -0.4 is 5.73 Å². The van der Waals surface area contributed by atoms with Crippen molar-refractivity contribution in [1.82, 2.24) is 10.0 Å². The first-order valence-corrected chi connectivity index (χ1v) is 7.58. The van der Waals surface area contributed by atoms with Gasteiger partial charge in [-0.1, -0.05) is 18.2 Å². The molecule has 0 spiro atoms. The Bertz CT molecular complexity index is 787. The summed E-state index contributed by atoms with van der Waals surface area (Å²) in [5.41, 5.74) is 7.44. The molecule has 9 heteroatoms. The number of carboxylic acids is 2. The lowest BCUT2D eigenvalue weighted by Gasteiger charge is -2.24. The van der Waals surface area contributed by atoms with Crippen molar-refractivity contribution in [2.75, 3.05) is 0 Å². The number of aliphatic carboxylic acids is 2. The first-order valence-electron chi connectivity index (χ1n) is 7.58. The summed E-state index contributed by atoms with van der Waals surface area (Å²) in [6, 6.07) is 4.55. The Morgan fingerprint density at radius 3 is 2.52 bits per heavy atom. The van der Waals surface area contributed by atoms with Gasteiger partial charge in [-0.2, -0.15) is 0 Å². The number of hydrogen-bond donors (Lipinski definition) is 5. The molecule has 2 atom stereocenters. The molecule has 25 heavy (non-hydrogen) atoms. The number of hydrogen-bond acceptors (Lipinski definition) is 5. The van der Waals surface area contributed by atoms with E-state index in [0.717, 1.165) is 16.5 Å². The lowest BCUT2D eigenvalue weighted by molar-refractivity contribution is -0.188. The number of benzene rings is 1. The van der Waals surface area contributed by atoms with Crippen LogP contribution in [0.5, 0.6) is 0 Å². The molecule has 1 aromatic heterocycles. The first-order chi connectivity index (χ1) is 11.8. The van der Waals surface area contributed by atoms with Crippen LogP contribution in [0.1, 0.15) is 18.4 Å². The lowest BCUT2D eigenvalue weighted by Crippen LogP contribution is -2.50. The molecule has 0 fully saturated rings. The van der Waals surface area contributed by atoms with Crippen LogP contribution in [0.15, 0.2) is 30.5 Å². The summed E-state index contributed by atoms with van der Waals surface area (Å²) in [5, 5.41) is 28.5. The molecule has 0 saturated carbocycles. The number of nitrogens with one attached hydrogen (secondary N) is 1. The second-order valence-corrected chi connectivity index (χ2v) is 5.64. The highest BCUT2D eigenvalue weighted by Crippen LogP contribution is 2.19. The van der Waals surface area contributed by atoms with E-state index in [1.807, 2.05) is 24.3 Å². The van der Waals surface area contributed by atoms with Crippen molar-refractivity contribution in [1.29, 1.82) is 0 Å². The quantitative estimate of drug-likeness (QED) is 0.344. The fourth-order valence-corrected chi connectivity index (χ4v) is 2.56. The number of para-hydroxylation sites is 1. The predicted octanol–water partition coefficient (Wildman–Crippen LogP) is 0.574. The molecule has 9 nitrogen and oxygen atoms in total. The maximum absolute atomic E-state index is 12.2. The van der Waals surface area contributed by atoms with Gasteiger partial charge in [0.15, 0.2) is 6.04 Å². The number of rotatable bonds is 8. The molecule has 0 bridgehead atoms. The van der Waals surface area contributed by atoms with E-state index in [4.69, 9.17) is 15.9 Å². The number of nitrogens with two attached hydrogens (primary N) is 1. The van der Waals surface area contributed by atoms with Gasteiger partial charge in [0.05, 0.1) is 6.04 Å². The smallest absolute Gasteiger partial charge is 0.329 e. The maximum Gasteiger partial charge on any atom is 0.329 e. The molecule has 1 heterocycles. The number of aromatic amines is 1. The van der Waals surface area contributed by atoms with Gasteiger partial charge < -0.3 is 20.9 Å². The minimum Gasteiger partial charge on any atom is -0.481 e. The third-order valence-corrected chi connectivity index (χ3v) is 3.87. The van der Waals surface area contributed by atoms with Gasteiger partial charge >= 0.3 is 11.9 Å². The van der Waals surface area contributed by atoms with E-state index in [1.54, 1.807) is 6.20 Å². The lowest BCUT2D eigenvalue weighted by atomic mass is 10.0. The zero-order chi connectivity index (χ0) is 18.6. The van der Waals surface area contributed by atoms with Crippen LogP contribution in [0.2, 0.25) is 0 Å². The van der Waals surface area contributed by atoms with E-state index in [9.17, 15) is 19.6 Å². The summed E-state index contributed by atoms with van der Waals surface area (Å²) in [5.74, 6) is -3.71. The molecule has 0 unspecified atom stereocenters. The second-order valence-electron chi connectivity index (χ2n) is 5.64. The van der Waals surface area contributed by atoms with Crippen molar-refractivity contribution < 1.29 is 29.8 Å². The number of amides is 1. The van der Waals surface area contributed by atoms with Crippen molar-refractivity contribution >= 4 is 28.7 Å². The Balaban J connectivity index is 2.09. The van der Waals surface area contributed by atoms with Crippen molar-refractivity contribution in [2.45, 2.75) is 31.3 Å². The highest BCUT2D eigenvalue weighted by atomic mass is 16.5. The molecular formula is C16H19N3O6. The minimum atomic E-state index is -1.67. The third-order valence-electron chi connectivity index (χ3n) is 3.87. The molecule has 2 aromatic rings. The molecule has 2 rings (SSSR count). The van der Waals surface area contributed by atoms with E-state index in [2.05, 4.69) is 4.98 Å². The SMILES string of the molecule is N[C@@H](Cc1c[nH]c2ccccc12)C(=O)N(O)[C@@H](CCC(=O)O)C(=O)O. The monoisotopic (exact) mass is 349 g/mol. The van der Waals surface area contributed by atoms with E-state index in [-0.39, 0.29) is 11.5 Å². The van der Waals surface area contributed by atoms with Crippen LogP contribution in [-0.2, 0) is 20.8 Å². The largest absolute Gasteiger partial charge is 0.481 e. The predicted molar refractivity (Wildman–Crippen MR) is 86.9 cm³/mol. The van der Waals surface area contributed by atoms with E-state index in [0.29, 0.717) is 0 Å². The van der Waals surface area contributed by atoms with E-state index >= 15 is 0 Å². The van der Waals surface area contributed by atoms with Gasteiger partial charge in [0.2, 0.25) is 0 Å². The third kappa shape index (κ3) is 4.34. The molecule has 0 radical (unpaired) electrons. The number of carbonyl (C=O) groups excluding carboxylic acids is 1. The highest BCUT2D eigenvalue weighted by Gasteiger charge is 2.32. The zero-order valence-corrected chi connectivity index (χ0v) is 13.3. The van der Waals surface area contributed by atoms with Gasteiger partial charge in [0.1, 0.15) is 0 Å². The summed E-state index contributed by atoms with van der Waals surface area (Å²) in [7, 11) is 0. The van der Waals surface area contributed by atoms with E-state index in [1.165, 1.54) is 0 Å². The Morgan fingerprint density at radius 2 is 1.88 bits per heavy atom. The van der Waals surface area contributed by atoms with Crippen LogP contribution in [0.25, 0.3) is 10.9 Å². The summed E-state index contributed by atoms with van der Waals surface area (Å²) >= 11 is 0. The van der Waals surface area contributed by atoms with Crippen LogP contribution >= 0.6 is 0 Å². The van der Waals surface area contributed by atoms with Gasteiger partial charge in [-0.25, -0.2) is 9.86 Å². The normalized spacial score (nSPS) is 13.4. The molecule has 6 N–H and O–H groups in total. The van der Waals surface area contributed by atoms with Gasteiger partial charge in [-0.05, 0) is 24.5 Å². The average molecular weight is 349 g/mol. The second kappa shape index (κ2) is 7.77. The minimum absolute atomic E-state index is 0.0186. The number of carbonyl (C=O) groups is 3. The summed E-state index contributed by atoms with van der Waals surface area (Å²) in [6.07, 6.45) is 0.857. The molecule has 134 valence electrons. The molecule has 0 saturated heterocycles. The maximum atomic E-state index is 12.2. The number of carboxylic acid groups (broad SMARTS) is 2.